The first-order valence-corrected chi connectivity index (χ1v) is 6.66. The first kappa shape index (κ1) is 14.0. The fourth-order valence-electron chi connectivity index (χ4n) is 1.92. The summed E-state index contributed by atoms with van der Waals surface area (Å²) in [6.45, 7) is 4.45. The molecule has 1 fully saturated rings. The first-order valence-electron chi connectivity index (χ1n) is 6.66. The molecule has 1 aromatic heterocycles. The van der Waals surface area contributed by atoms with Crippen LogP contribution in [0.3, 0.4) is 0 Å². The summed E-state index contributed by atoms with van der Waals surface area (Å²) in [4.78, 5) is 11.6. The number of carbonyl (C=O) groups is 1. The Morgan fingerprint density at radius 3 is 3.21 bits per heavy atom. The lowest BCUT2D eigenvalue weighted by Gasteiger charge is -2.09. The van der Waals surface area contributed by atoms with E-state index in [0.717, 1.165) is 25.9 Å². The van der Waals surface area contributed by atoms with E-state index in [4.69, 9.17) is 14.0 Å². The van der Waals surface area contributed by atoms with Gasteiger partial charge in [0.1, 0.15) is 0 Å². The molecule has 1 atom stereocenters. The van der Waals surface area contributed by atoms with Gasteiger partial charge in [-0.3, -0.25) is 4.79 Å². The minimum absolute atomic E-state index is 0.236. The molecule has 1 aliphatic rings. The van der Waals surface area contributed by atoms with Crippen LogP contribution >= 0.6 is 0 Å². The lowest BCUT2D eigenvalue weighted by Crippen LogP contribution is -2.25. The minimum atomic E-state index is -0.236. The second-order valence-corrected chi connectivity index (χ2v) is 4.65. The van der Waals surface area contributed by atoms with Crippen molar-refractivity contribution >= 4 is 5.91 Å². The second-order valence-electron chi connectivity index (χ2n) is 4.65. The normalized spacial score (nSPS) is 18.7. The van der Waals surface area contributed by atoms with Gasteiger partial charge in [0.15, 0.2) is 0 Å². The van der Waals surface area contributed by atoms with Crippen LogP contribution in [-0.2, 0) is 9.47 Å². The van der Waals surface area contributed by atoms with Gasteiger partial charge in [0.25, 0.3) is 5.91 Å². The summed E-state index contributed by atoms with van der Waals surface area (Å²) in [5.41, 5.74) is 0.699. The van der Waals surface area contributed by atoms with E-state index in [0.29, 0.717) is 25.5 Å². The Kier molecular flexibility index (Phi) is 5.35. The first-order chi connectivity index (χ1) is 9.25. The summed E-state index contributed by atoms with van der Waals surface area (Å²) in [6.07, 6.45) is 3.24. The van der Waals surface area contributed by atoms with E-state index in [-0.39, 0.29) is 17.8 Å². The Hall–Kier alpha value is -1.40. The van der Waals surface area contributed by atoms with Crippen LogP contribution in [0.2, 0.25) is 0 Å². The predicted molar refractivity (Wildman–Crippen MR) is 68.0 cm³/mol. The van der Waals surface area contributed by atoms with Gasteiger partial charge in [-0.1, -0.05) is 5.16 Å². The molecule has 0 aromatic carbocycles. The number of rotatable bonds is 7. The minimum Gasteiger partial charge on any atom is -0.379 e. The predicted octanol–water partition coefficient (Wildman–Crippen LogP) is 1.30. The van der Waals surface area contributed by atoms with Gasteiger partial charge in [0.05, 0.1) is 18.4 Å². The fraction of sp³-hybridized carbons (Fsp3) is 0.692. The lowest BCUT2D eigenvalue weighted by molar-refractivity contribution is 0.0166. The number of ether oxygens (including phenoxy) is 2. The highest BCUT2D eigenvalue weighted by Crippen LogP contribution is 2.11. The molecule has 0 unspecified atom stereocenters. The molecule has 1 saturated heterocycles. The van der Waals surface area contributed by atoms with Crippen LogP contribution in [0.25, 0.3) is 0 Å². The van der Waals surface area contributed by atoms with Gasteiger partial charge in [-0.2, -0.15) is 0 Å². The Labute approximate surface area is 112 Å². The topological polar surface area (TPSA) is 73.6 Å². The smallest absolute Gasteiger partial charge is 0.289 e. The van der Waals surface area contributed by atoms with Crippen LogP contribution in [0.4, 0.5) is 0 Å². The average Bonchev–Trinajstić information content (AvgIpc) is 3.04. The number of aromatic nitrogens is 1. The molecule has 1 N–H and O–H groups in total. The molecule has 1 amide bonds. The summed E-state index contributed by atoms with van der Waals surface area (Å²) >= 11 is 0. The molecule has 1 aliphatic heterocycles. The van der Waals surface area contributed by atoms with E-state index in [1.54, 1.807) is 13.0 Å². The molecular weight excluding hydrogens is 248 g/mol. The van der Waals surface area contributed by atoms with E-state index in [1.165, 1.54) is 0 Å². The van der Waals surface area contributed by atoms with E-state index in [2.05, 4.69) is 10.5 Å². The number of hydrogen-bond acceptors (Lipinski definition) is 5. The Balaban J connectivity index is 1.50. The van der Waals surface area contributed by atoms with E-state index in [1.807, 2.05) is 0 Å². The number of nitrogens with zero attached hydrogens (tertiary/aromatic N) is 1. The maximum Gasteiger partial charge on any atom is 0.289 e. The Morgan fingerprint density at radius 2 is 2.53 bits per heavy atom. The molecule has 0 spiro atoms. The molecule has 0 saturated carbocycles. The van der Waals surface area contributed by atoms with Gasteiger partial charge in [-0.25, -0.2) is 0 Å². The van der Waals surface area contributed by atoms with E-state index < -0.39 is 0 Å². The Bertz CT molecular complexity index is 399. The molecule has 6 heteroatoms. The zero-order valence-electron chi connectivity index (χ0n) is 11.2. The lowest BCUT2D eigenvalue weighted by atomic mass is 10.2. The third-order valence-electron chi connectivity index (χ3n) is 2.93. The van der Waals surface area contributed by atoms with Crippen molar-refractivity contribution < 1.29 is 18.8 Å². The summed E-state index contributed by atoms with van der Waals surface area (Å²) in [5.74, 6) is 0.0116. The van der Waals surface area contributed by atoms with Gasteiger partial charge in [0, 0.05) is 25.8 Å². The number of carbonyl (C=O) groups excluding carboxylic acids is 1. The molecule has 0 radical (unpaired) electrons. The van der Waals surface area contributed by atoms with E-state index in [9.17, 15) is 4.79 Å². The van der Waals surface area contributed by atoms with Crippen LogP contribution < -0.4 is 5.32 Å². The number of aryl methyl sites for hydroxylation is 1. The highest BCUT2D eigenvalue weighted by molar-refractivity contribution is 5.91. The maximum atomic E-state index is 11.6. The van der Waals surface area contributed by atoms with Crippen molar-refractivity contribution in [1.29, 1.82) is 0 Å². The summed E-state index contributed by atoms with van der Waals surface area (Å²) in [5, 5.41) is 6.42. The van der Waals surface area contributed by atoms with Gasteiger partial charge in [0.2, 0.25) is 5.76 Å². The summed E-state index contributed by atoms with van der Waals surface area (Å²) < 4.78 is 15.8. The van der Waals surface area contributed by atoms with Crippen molar-refractivity contribution in [2.75, 3.05) is 26.4 Å². The highest BCUT2D eigenvalue weighted by atomic mass is 16.5. The van der Waals surface area contributed by atoms with Crippen LogP contribution in [0.1, 0.15) is 35.5 Å². The van der Waals surface area contributed by atoms with Gasteiger partial charge < -0.3 is 19.3 Å². The van der Waals surface area contributed by atoms with Crippen molar-refractivity contribution in [3.05, 3.63) is 17.5 Å². The van der Waals surface area contributed by atoms with Crippen molar-refractivity contribution in [1.82, 2.24) is 10.5 Å². The van der Waals surface area contributed by atoms with Crippen molar-refractivity contribution in [2.45, 2.75) is 32.3 Å². The van der Waals surface area contributed by atoms with Crippen molar-refractivity contribution in [3.8, 4) is 0 Å². The van der Waals surface area contributed by atoms with Crippen LogP contribution in [-0.4, -0.2) is 43.5 Å². The maximum absolute atomic E-state index is 11.6. The van der Waals surface area contributed by atoms with Crippen LogP contribution in [0, 0.1) is 6.92 Å². The van der Waals surface area contributed by atoms with Crippen molar-refractivity contribution in [2.24, 2.45) is 0 Å². The monoisotopic (exact) mass is 268 g/mol. The average molecular weight is 268 g/mol. The molecule has 0 aliphatic carbocycles. The fourth-order valence-corrected chi connectivity index (χ4v) is 1.92. The molecule has 1 aromatic rings. The Morgan fingerprint density at radius 1 is 1.63 bits per heavy atom. The molecule has 106 valence electrons. The zero-order chi connectivity index (χ0) is 13.5. The third-order valence-corrected chi connectivity index (χ3v) is 2.93. The number of hydrogen-bond donors (Lipinski definition) is 1. The highest BCUT2D eigenvalue weighted by Gasteiger charge is 2.15. The SMILES string of the molecule is Cc1cc(C(=O)NCCCOC[C@@H]2CCCO2)on1. The molecule has 2 heterocycles. The van der Waals surface area contributed by atoms with Gasteiger partial charge in [-0.15, -0.1) is 0 Å². The second kappa shape index (κ2) is 7.25. The van der Waals surface area contributed by atoms with Crippen LogP contribution in [0.5, 0.6) is 0 Å². The standard InChI is InChI=1S/C13H20N2O4/c1-10-8-12(19-15-10)13(16)14-5-3-6-17-9-11-4-2-7-18-11/h8,11H,2-7,9H2,1H3,(H,14,16)/t11-/m0/s1. The molecule has 2 rings (SSSR count). The largest absolute Gasteiger partial charge is 0.379 e. The van der Waals surface area contributed by atoms with Gasteiger partial charge in [-0.05, 0) is 26.2 Å². The zero-order valence-corrected chi connectivity index (χ0v) is 11.2. The van der Waals surface area contributed by atoms with Crippen molar-refractivity contribution in [3.63, 3.8) is 0 Å². The summed E-state index contributed by atoms with van der Waals surface area (Å²) in [7, 11) is 0. The number of amides is 1. The third kappa shape index (κ3) is 4.65. The van der Waals surface area contributed by atoms with Gasteiger partial charge >= 0.3 is 0 Å². The molecule has 6 nitrogen and oxygen atoms in total. The quantitative estimate of drug-likeness (QED) is 0.754. The molecular formula is C13H20N2O4. The molecule has 0 bridgehead atoms. The van der Waals surface area contributed by atoms with Crippen LogP contribution in [0.15, 0.2) is 10.6 Å². The van der Waals surface area contributed by atoms with E-state index >= 15 is 0 Å². The molecule has 19 heavy (non-hydrogen) atoms. The number of nitrogens with one attached hydrogen (secondary N) is 1. The summed E-state index contributed by atoms with van der Waals surface area (Å²) in [6, 6.07) is 1.61.